The molecule has 2 heterocycles. The van der Waals surface area contributed by atoms with Crippen molar-refractivity contribution in [3.05, 3.63) is 37.1 Å². The molecule has 0 spiro atoms. The van der Waals surface area contributed by atoms with Crippen LogP contribution < -0.4 is 4.74 Å². The van der Waals surface area contributed by atoms with Gasteiger partial charge in [-0.05, 0) is 22.0 Å². The summed E-state index contributed by atoms with van der Waals surface area (Å²) in [5.41, 5.74) is 0. The van der Waals surface area contributed by atoms with Crippen LogP contribution in [0.5, 0.6) is 5.75 Å². The third-order valence-electron chi connectivity index (χ3n) is 2.38. The Morgan fingerprint density at radius 3 is 2.72 bits per heavy atom. The molecule has 3 nitrogen and oxygen atoms in total. The molecule has 0 saturated heterocycles. The van der Waals surface area contributed by atoms with Gasteiger partial charge in [0, 0.05) is 33.2 Å². The van der Waals surface area contributed by atoms with Crippen molar-refractivity contribution in [1.82, 2.24) is 4.90 Å². The zero-order chi connectivity index (χ0) is 13.1. The van der Waals surface area contributed by atoms with E-state index < -0.39 is 0 Å². The number of rotatable bonds is 4. The second kappa shape index (κ2) is 5.86. The maximum atomic E-state index is 12.2. The number of nitrogens with zero attached hydrogens (tertiary/aromatic N) is 1. The normalized spacial score (nSPS) is 10.4. The fourth-order valence-electron chi connectivity index (χ4n) is 1.47. The molecule has 96 valence electrons. The van der Waals surface area contributed by atoms with Crippen molar-refractivity contribution in [2.45, 2.75) is 6.54 Å². The molecule has 6 heteroatoms. The van der Waals surface area contributed by atoms with Crippen LogP contribution in [0.25, 0.3) is 0 Å². The van der Waals surface area contributed by atoms with E-state index in [0.717, 1.165) is 15.1 Å². The predicted octanol–water partition coefficient (Wildman–Crippen LogP) is 3.85. The SMILES string of the molecule is COc1csc(C(=O)N(C)Cc2cc(Br)cs2)c1. The first-order valence-electron chi connectivity index (χ1n) is 5.21. The molecule has 2 rings (SSSR count). The lowest BCUT2D eigenvalue weighted by Crippen LogP contribution is -2.24. The van der Waals surface area contributed by atoms with Crippen LogP contribution in [-0.4, -0.2) is 25.0 Å². The standard InChI is InChI=1S/C12H12BrNO2S2/c1-14(5-10-3-8(13)6-17-10)12(15)11-4-9(16-2)7-18-11/h3-4,6-7H,5H2,1-2H3. The summed E-state index contributed by atoms with van der Waals surface area (Å²) in [5, 5.41) is 3.85. The van der Waals surface area contributed by atoms with Crippen molar-refractivity contribution < 1.29 is 9.53 Å². The molecule has 0 atom stereocenters. The van der Waals surface area contributed by atoms with Crippen molar-refractivity contribution in [2.75, 3.05) is 14.2 Å². The Kier molecular flexibility index (Phi) is 4.42. The van der Waals surface area contributed by atoms with E-state index in [9.17, 15) is 4.79 Å². The molecule has 0 saturated carbocycles. The number of hydrogen-bond donors (Lipinski definition) is 0. The first-order valence-corrected chi connectivity index (χ1v) is 7.76. The minimum absolute atomic E-state index is 0.0211. The van der Waals surface area contributed by atoms with Gasteiger partial charge in [-0.3, -0.25) is 4.79 Å². The van der Waals surface area contributed by atoms with E-state index in [1.54, 1.807) is 29.4 Å². The molecule has 0 unspecified atom stereocenters. The quantitative estimate of drug-likeness (QED) is 0.842. The molecule has 2 aromatic heterocycles. The van der Waals surface area contributed by atoms with Gasteiger partial charge >= 0.3 is 0 Å². The van der Waals surface area contributed by atoms with Crippen LogP contribution in [0.15, 0.2) is 27.4 Å². The lowest BCUT2D eigenvalue weighted by molar-refractivity contribution is 0.0791. The average Bonchev–Trinajstić information content (AvgIpc) is 2.97. The van der Waals surface area contributed by atoms with Crippen molar-refractivity contribution in [1.29, 1.82) is 0 Å². The van der Waals surface area contributed by atoms with Gasteiger partial charge in [0.2, 0.25) is 0 Å². The Morgan fingerprint density at radius 1 is 1.39 bits per heavy atom. The van der Waals surface area contributed by atoms with Crippen LogP contribution in [0.1, 0.15) is 14.5 Å². The summed E-state index contributed by atoms with van der Waals surface area (Å²) in [4.78, 5) is 15.7. The molecule has 18 heavy (non-hydrogen) atoms. The number of methoxy groups -OCH3 is 1. The molecule has 0 aliphatic heterocycles. The number of thiophene rings is 2. The maximum absolute atomic E-state index is 12.2. The van der Waals surface area contributed by atoms with Crippen molar-refractivity contribution in [2.24, 2.45) is 0 Å². The van der Waals surface area contributed by atoms with Gasteiger partial charge in [-0.15, -0.1) is 22.7 Å². The van der Waals surface area contributed by atoms with Gasteiger partial charge in [-0.1, -0.05) is 0 Å². The number of hydrogen-bond acceptors (Lipinski definition) is 4. The largest absolute Gasteiger partial charge is 0.496 e. The van der Waals surface area contributed by atoms with Crippen LogP contribution in [0.3, 0.4) is 0 Å². The smallest absolute Gasteiger partial charge is 0.264 e. The second-order valence-corrected chi connectivity index (χ2v) is 6.57. The number of carbonyl (C=O) groups is 1. The van der Waals surface area contributed by atoms with Crippen LogP contribution >= 0.6 is 38.6 Å². The summed E-state index contributed by atoms with van der Waals surface area (Å²) in [7, 11) is 3.41. The molecule has 0 N–H and O–H groups in total. The zero-order valence-corrected chi connectivity index (χ0v) is 13.2. The molecule has 0 fully saturated rings. The van der Waals surface area contributed by atoms with Gasteiger partial charge in [0.1, 0.15) is 5.75 Å². The summed E-state index contributed by atoms with van der Waals surface area (Å²) in [6.07, 6.45) is 0. The number of amides is 1. The molecule has 0 bridgehead atoms. The Labute approximate surface area is 122 Å². The van der Waals surface area contributed by atoms with E-state index in [2.05, 4.69) is 15.9 Å². The van der Waals surface area contributed by atoms with Crippen molar-refractivity contribution >= 4 is 44.5 Å². The molecule has 0 aliphatic rings. The first-order chi connectivity index (χ1) is 8.60. The summed E-state index contributed by atoms with van der Waals surface area (Å²) in [6, 6.07) is 3.80. The van der Waals surface area contributed by atoms with E-state index in [-0.39, 0.29) is 5.91 Å². The highest BCUT2D eigenvalue weighted by atomic mass is 79.9. The highest BCUT2D eigenvalue weighted by molar-refractivity contribution is 9.10. The van der Waals surface area contributed by atoms with Crippen molar-refractivity contribution in [3.63, 3.8) is 0 Å². The van der Waals surface area contributed by atoms with Crippen LogP contribution in [0.4, 0.5) is 0 Å². The number of ether oxygens (including phenoxy) is 1. The van der Waals surface area contributed by atoms with Gasteiger partial charge in [-0.2, -0.15) is 0 Å². The molecular formula is C12H12BrNO2S2. The summed E-state index contributed by atoms with van der Waals surface area (Å²) in [6.45, 7) is 0.620. The summed E-state index contributed by atoms with van der Waals surface area (Å²) >= 11 is 6.45. The van der Waals surface area contributed by atoms with Gasteiger partial charge in [0.15, 0.2) is 0 Å². The molecule has 1 amide bonds. The average molecular weight is 346 g/mol. The minimum Gasteiger partial charge on any atom is -0.496 e. The first kappa shape index (κ1) is 13.6. The maximum Gasteiger partial charge on any atom is 0.264 e. The van der Waals surface area contributed by atoms with E-state index in [4.69, 9.17) is 4.74 Å². The third kappa shape index (κ3) is 3.13. The van der Waals surface area contributed by atoms with E-state index in [1.807, 2.05) is 23.9 Å². The van der Waals surface area contributed by atoms with E-state index in [1.165, 1.54) is 11.3 Å². The van der Waals surface area contributed by atoms with E-state index >= 15 is 0 Å². The Hall–Kier alpha value is -0.850. The van der Waals surface area contributed by atoms with Gasteiger partial charge in [0.25, 0.3) is 5.91 Å². The van der Waals surface area contributed by atoms with Gasteiger partial charge in [0.05, 0.1) is 18.5 Å². The number of carbonyl (C=O) groups excluding carboxylic acids is 1. The van der Waals surface area contributed by atoms with Crippen LogP contribution in [0.2, 0.25) is 0 Å². The molecule has 0 aromatic carbocycles. The highest BCUT2D eigenvalue weighted by Crippen LogP contribution is 2.24. The molecular weight excluding hydrogens is 334 g/mol. The zero-order valence-electron chi connectivity index (χ0n) is 9.97. The van der Waals surface area contributed by atoms with Gasteiger partial charge in [-0.25, -0.2) is 0 Å². The molecule has 0 aliphatic carbocycles. The monoisotopic (exact) mass is 345 g/mol. The number of halogens is 1. The van der Waals surface area contributed by atoms with Gasteiger partial charge < -0.3 is 9.64 Å². The Bertz CT molecular complexity index is 550. The lowest BCUT2D eigenvalue weighted by Gasteiger charge is -2.14. The summed E-state index contributed by atoms with van der Waals surface area (Å²) < 4.78 is 6.14. The third-order valence-corrected chi connectivity index (χ3v) is 4.96. The topological polar surface area (TPSA) is 29.5 Å². The fraction of sp³-hybridized carbons (Fsp3) is 0.250. The van der Waals surface area contributed by atoms with E-state index in [0.29, 0.717) is 11.4 Å². The Balaban J connectivity index is 2.04. The molecule has 2 aromatic rings. The second-order valence-electron chi connectivity index (χ2n) is 3.74. The Morgan fingerprint density at radius 2 is 2.17 bits per heavy atom. The summed E-state index contributed by atoms with van der Waals surface area (Å²) in [5.74, 6) is 0.753. The predicted molar refractivity (Wildman–Crippen MR) is 78.7 cm³/mol. The minimum atomic E-state index is 0.0211. The van der Waals surface area contributed by atoms with Crippen molar-refractivity contribution in [3.8, 4) is 5.75 Å². The lowest BCUT2D eigenvalue weighted by atomic mass is 10.3. The highest BCUT2D eigenvalue weighted by Gasteiger charge is 2.15. The fourth-order valence-corrected chi connectivity index (χ4v) is 3.82. The van der Waals surface area contributed by atoms with Crippen LogP contribution in [0, 0.1) is 0 Å². The van der Waals surface area contributed by atoms with Crippen LogP contribution in [-0.2, 0) is 6.54 Å². The molecule has 0 radical (unpaired) electrons.